The molecule has 0 aliphatic rings. The van der Waals surface area contributed by atoms with Gasteiger partial charge in [0, 0.05) is 25.3 Å². The van der Waals surface area contributed by atoms with Crippen LogP contribution in [0.4, 0.5) is 4.79 Å². The van der Waals surface area contributed by atoms with Crippen molar-refractivity contribution < 1.29 is 43.2 Å². The van der Waals surface area contributed by atoms with Crippen molar-refractivity contribution in [2.45, 2.75) is 112 Å². The minimum atomic E-state index is -2.18. The fourth-order valence-electron chi connectivity index (χ4n) is 3.49. The van der Waals surface area contributed by atoms with Crippen molar-refractivity contribution in [2.24, 2.45) is 17.8 Å². The summed E-state index contributed by atoms with van der Waals surface area (Å²) in [7, 11) is 0. The first kappa shape index (κ1) is 34.9. The number of ether oxygens (including phenoxy) is 4. The molecule has 0 saturated carbocycles. The zero-order valence-electron chi connectivity index (χ0n) is 25.4. The van der Waals surface area contributed by atoms with Crippen LogP contribution < -0.4 is 14.8 Å². The molecular weight excluding hydrogens is 518 g/mol. The van der Waals surface area contributed by atoms with Crippen LogP contribution in [0.1, 0.15) is 93.6 Å². The first-order valence-electron chi connectivity index (χ1n) is 14.0. The zero-order chi connectivity index (χ0) is 30.6. The summed E-state index contributed by atoms with van der Waals surface area (Å²) in [6.45, 7) is 16.8. The molecule has 226 valence electrons. The van der Waals surface area contributed by atoms with Gasteiger partial charge in [-0.15, -0.1) is 0 Å². The standard InChI is InChI=1S/C30H47NO9/c1-18(2)10-14-26(32)38-24-13-12-23(16-25(24)39-27(33)15-11-19(3)4)17-30(28(34)35,31-21(7)8)40-29(36)37-22(9)20(5)6/h12-13,16,18-22,31H,10-11,14-15,17H2,1-9H3,(H,34,35)/t22?,30-/m0/s1. The molecule has 0 aromatic heterocycles. The molecule has 10 heteroatoms. The van der Waals surface area contributed by atoms with Crippen molar-refractivity contribution in [3.63, 3.8) is 0 Å². The number of carboxylic acid groups (broad SMARTS) is 1. The highest BCUT2D eigenvalue weighted by atomic mass is 16.7. The maximum Gasteiger partial charge on any atom is 0.510 e. The first-order chi connectivity index (χ1) is 18.5. The van der Waals surface area contributed by atoms with E-state index in [0.29, 0.717) is 24.3 Å². The lowest BCUT2D eigenvalue weighted by atomic mass is 10.0. The molecule has 0 saturated heterocycles. The topological polar surface area (TPSA) is 137 Å². The second kappa shape index (κ2) is 16.2. The van der Waals surface area contributed by atoms with Crippen molar-refractivity contribution in [3.8, 4) is 11.5 Å². The second-order valence-corrected chi connectivity index (χ2v) is 11.6. The molecule has 0 bridgehead atoms. The van der Waals surface area contributed by atoms with Gasteiger partial charge in [-0.05, 0) is 69.1 Å². The molecule has 0 aliphatic carbocycles. The number of carbonyl (C=O) groups excluding carboxylic acids is 3. The van der Waals surface area contributed by atoms with E-state index in [0.717, 1.165) is 0 Å². The lowest BCUT2D eigenvalue weighted by Gasteiger charge is -2.32. The molecule has 2 atom stereocenters. The highest BCUT2D eigenvalue weighted by molar-refractivity contribution is 5.81. The van der Waals surface area contributed by atoms with E-state index >= 15 is 0 Å². The van der Waals surface area contributed by atoms with Crippen LogP contribution >= 0.6 is 0 Å². The maximum absolute atomic E-state index is 12.6. The Morgan fingerprint density at radius 3 is 1.80 bits per heavy atom. The number of carboxylic acids is 1. The number of carbonyl (C=O) groups is 4. The summed E-state index contributed by atoms with van der Waals surface area (Å²) in [4.78, 5) is 50.1. The van der Waals surface area contributed by atoms with E-state index in [1.54, 1.807) is 20.8 Å². The van der Waals surface area contributed by atoms with Gasteiger partial charge in [0.1, 0.15) is 6.10 Å². The van der Waals surface area contributed by atoms with Crippen LogP contribution in [-0.4, -0.2) is 47.0 Å². The second-order valence-electron chi connectivity index (χ2n) is 11.6. The summed E-state index contributed by atoms with van der Waals surface area (Å²) in [5, 5.41) is 13.0. The van der Waals surface area contributed by atoms with Gasteiger partial charge in [-0.1, -0.05) is 47.6 Å². The summed E-state index contributed by atoms with van der Waals surface area (Å²) in [5.74, 6) is -1.84. The van der Waals surface area contributed by atoms with Crippen molar-refractivity contribution in [1.82, 2.24) is 5.32 Å². The molecule has 0 fully saturated rings. The Bertz CT molecular complexity index is 1000. The lowest BCUT2D eigenvalue weighted by Crippen LogP contribution is -2.59. The molecule has 1 rings (SSSR count). The van der Waals surface area contributed by atoms with Crippen molar-refractivity contribution in [2.75, 3.05) is 0 Å². The Kier molecular flexibility index (Phi) is 14.1. The van der Waals surface area contributed by atoms with E-state index in [9.17, 15) is 24.3 Å². The highest BCUT2D eigenvalue weighted by Gasteiger charge is 2.44. The van der Waals surface area contributed by atoms with E-state index < -0.39 is 35.9 Å². The Morgan fingerprint density at radius 1 is 0.825 bits per heavy atom. The Labute approximate surface area is 238 Å². The summed E-state index contributed by atoms with van der Waals surface area (Å²) < 4.78 is 21.7. The third-order valence-corrected chi connectivity index (χ3v) is 6.11. The Hall–Kier alpha value is -3.14. The van der Waals surface area contributed by atoms with Crippen LogP contribution in [0.5, 0.6) is 11.5 Å². The summed E-state index contributed by atoms with van der Waals surface area (Å²) >= 11 is 0. The number of benzene rings is 1. The van der Waals surface area contributed by atoms with E-state index in [1.807, 2.05) is 41.5 Å². The third kappa shape index (κ3) is 12.4. The molecule has 0 spiro atoms. The van der Waals surface area contributed by atoms with Gasteiger partial charge >= 0.3 is 24.1 Å². The first-order valence-corrected chi connectivity index (χ1v) is 14.0. The highest BCUT2D eigenvalue weighted by Crippen LogP contribution is 2.32. The summed E-state index contributed by atoms with van der Waals surface area (Å²) in [6, 6.07) is 4.00. The molecule has 0 amide bonds. The van der Waals surface area contributed by atoms with Gasteiger partial charge < -0.3 is 24.1 Å². The number of esters is 2. The SMILES string of the molecule is CC(C)CCC(=O)Oc1ccc(C[C@](NC(C)C)(OC(=O)OC(C)C(C)C)C(=O)O)cc1OC(=O)CCC(C)C. The van der Waals surface area contributed by atoms with Crippen molar-refractivity contribution >= 4 is 24.1 Å². The summed E-state index contributed by atoms with van der Waals surface area (Å²) in [6.07, 6.45) is -0.389. The van der Waals surface area contributed by atoms with E-state index in [4.69, 9.17) is 18.9 Å². The molecule has 40 heavy (non-hydrogen) atoms. The summed E-state index contributed by atoms with van der Waals surface area (Å²) in [5.41, 5.74) is -1.83. The van der Waals surface area contributed by atoms with Crippen LogP contribution in [0.15, 0.2) is 18.2 Å². The van der Waals surface area contributed by atoms with E-state index in [-0.39, 0.29) is 48.6 Å². The normalized spacial score (nSPS) is 13.7. The Morgan fingerprint density at radius 2 is 1.35 bits per heavy atom. The van der Waals surface area contributed by atoms with Gasteiger partial charge in [0.15, 0.2) is 11.5 Å². The van der Waals surface area contributed by atoms with Crippen LogP contribution in [0.25, 0.3) is 0 Å². The number of hydrogen-bond donors (Lipinski definition) is 2. The number of nitrogens with one attached hydrogen (secondary N) is 1. The molecule has 1 aromatic carbocycles. The average Bonchev–Trinajstić information content (AvgIpc) is 2.82. The molecule has 10 nitrogen and oxygen atoms in total. The molecule has 1 aromatic rings. The molecular formula is C30H47NO9. The number of aliphatic carboxylic acids is 1. The minimum absolute atomic E-state index is 0.00596. The average molecular weight is 566 g/mol. The van der Waals surface area contributed by atoms with Crippen LogP contribution in [0, 0.1) is 17.8 Å². The van der Waals surface area contributed by atoms with Gasteiger partial charge in [0.2, 0.25) is 0 Å². The predicted molar refractivity (Wildman–Crippen MR) is 150 cm³/mol. The largest absolute Gasteiger partial charge is 0.510 e. The third-order valence-electron chi connectivity index (χ3n) is 6.11. The van der Waals surface area contributed by atoms with Crippen molar-refractivity contribution in [3.05, 3.63) is 23.8 Å². The van der Waals surface area contributed by atoms with Gasteiger partial charge in [0.05, 0.1) is 0 Å². The van der Waals surface area contributed by atoms with E-state index in [2.05, 4.69) is 5.32 Å². The monoisotopic (exact) mass is 565 g/mol. The predicted octanol–water partition coefficient (Wildman–Crippen LogP) is 5.89. The fourth-order valence-corrected chi connectivity index (χ4v) is 3.49. The van der Waals surface area contributed by atoms with Gasteiger partial charge in [-0.25, -0.2) is 9.59 Å². The zero-order valence-corrected chi connectivity index (χ0v) is 25.4. The molecule has 0 aliphatic heterocycles. The number of hydrogen-bond acceptors (Lipinski definition) is 9. The fraction of sp³-hybridized carbons (Fsp3) is 0.667. The maximum atomic E-state index is 12.6. The molecule has 0 radical (unpaired) electrons. The van der Waals surface area contributed by atoms with Crippen LogP contribution in [0.2, 0.25) is 0 Å². The quantitative estimate of drug-likeness (QED) is 0.142. The molecule has 1 unspecified atom stereocenters. The van der Waals surface area contributed by atoms with Crippen molar-refractivity contribution in [1.29, 1.82) is 0 Å². The van der Waals surface area contributed by atoms with Gasteiger partial charge in [-0.2, -0.15) is 0 Å². The van der Waals surface area contributed by atoms with Gasteiger partial charge in [0.25, 0.3) is 5.72 Å². The lowest BCUT2D eigenvalue weighted by molar-refractivity contribution is -0.168. The number of rotatable bonds is 16. The van der Waals surface area contributed by atoms with Crippen LogP contribution in [-0.2, 0) is 30.3 Å². The molecule has 2 N–H and O–H groups in total. The van der Waals surface area contributed by atoms with Crippen LogP contribution in [0.3, 0.4) is 0 Å². The van der Waals surface area contributed by atoms with Gasteiger partial charge in [-0.3, -0.25) is 14.9 Å². The minimum Gasteiger partial charge on any atom is -0.477 e. The molecule has 0 heterocycles. The Balaban J connectivity index is 3.39. The van der Waals surface area contributed by atoms with E-state index in [1.165, 1.54) is 18.2 Å². The smallest absolute Gasteiger partial charge is 0.477 e.